The first-order valence-corrected chi connectivity index (χ1v) is 4.95. The molecule has 0 aromatic rings. The molecule has 0 saturated carbocycles. The molecule has 74 valence electrons. The van der Waals surface area contributed by atoms with E-state index < -0.39 is 0 Å². The molecule has 1 unspecified atom stereocenters. The van der Waals surface area contributed by atoms with Crippen molar-refractivity contribution in [1.29, 1.82) is 0 Å². The molecule has 0 aliphatic carbocycles. The highest BCUT2D eigenvalue weighted by molar-refractivity contribution is 5.06. The van der Waals surface area contributed by atoms with Gasteiger partial charge in [0.05, 0.1) is 11.2 Å². The van der Waals surface area contributed by atoms with Crippen LogP contribution in [0.5, 0.6) is 0 Å². The number of ether oxygens (including phenoxy) is 1. The van der Waals surface area contributed by atoms with Gasteiger partial charge in [-0.05, 0) is 33.1 Å². The van der Waals surface area contributed by atoms with Crippen LogP contribution in [0.3, 0.4) is 0 Å². The summed E-state index contributed by atoms with van der Waals surface area (Å²) in [5.41, 5.74) is 0.342. The van der Waals surface area contributed by atoms with Gasteiger partial charge in [0, 0.05) is 0 Å². The first kappa shape index (κ1) is 12.0. The molecule has 0 aromatic heterocycles. The summed E-state index contributed by atoms with van der Waals surface area (Å²) in [5, 5.41) is 0. The van der Waals surface area contributed by atoms with E-state index in [0.717, 1.165) is 12.3 Å². The minimum atomic E-state index is 0.155. The highest BCUT2D eigenvalue weighted by Gasteiger charge is 2.58. The maximum atomic E-state index is 5.44. The van der Waals surface area contributed by atoms with Crippen molar-refractivity contribution in [2.75, 3.05) is 0 Å². The van der Waals surface area contributed by atoms with Gasteiger partial charge in [-0.3, -0.25) is 0 Å². The van der Waals surface area contributed by atoms with Gasteiger partial charge in [-0.1, -0.05) is 27.7 Å². The summed E-state index contributed by atoms with van der Waals surface area (Å²) in [4.78, 5) is 0. The van der Waals surface area contributed by atoms with Gasteiger partial charge in [0.1, 0.15) is 0 Å². The van der Waals surface area contributed by atoms with Crippen molar-refractivity contribution in [3.05, 3.63) is 0 Å². The fourth-order valence-corrected chi connectivity index (χ4v) is 1.04. The van der Waals surface area contributed by atoms with Gasteiger partial charge in [0.25, 0.3) is 0 Å². The van der Waals surface area contributed by atoms with Crippen LogP contribution in [-0.4, -0.2) is 11.2 Å². The Hall–Kier alpha value is -0.0400. The van der Waals surface area contributed by atoms with Crippen molar-refractivity contribution in [1.82, 2.24) is 0 Å². The fourth-order valence-electron chi connectivity index (χ4n) is 1.04. The molecule has 1 aliphatic rings. The van der Waals surface area contributed by atoms with Gasteiger partial charge >= 0.3 is 0 Å². The molecule has 1 atom stereocenters. The lowest BCUT2D eigenvalue weighted by Crippen LogP contribution is -2.14. The molecule has 1 fully saturated rings. The smallest absolute Gasteiger partial charge is 0.0943 e. The van der Waals surface area contributed by atoms with Gasteiger partial charge in [-0.25, -0.2) is 0 Å². The third-order valence-corrected chi connectivity index (χ3v) is 2.39. The maximum Gasteiger partial charge on any atom is 0.0943 e. The molecule has 1 saturated heterocycles. The largest absolute Gasteiger partial charge is 0.363 e. The average molecular weight is 172 g/mol. The van der Waals surface area contributed by atoms with Crippen LogP contribution in [0.1, 0.15) is 54.9 Å². The Bertz CT molecular complexity index is 135. The van der Waals surface area contributed by atoms with Crippen molar-refractivity contribution in [3.63, 3.8) is 0 Å². The van der Waals surface area contributed by atoms with E-state index in [-0.39, 0.29) is 11.2 Å². The van der Waals surface area contributed by atoms with Crippen LogP contribution in [0, 0.1) is 5.92 Å². The summed E-state index contributed by atoms with van der Waals surface area (Å²) < 4.78 is 5.44. The lowest BCUT2D eigenvalue weighted by atomic mass is 9.96. The molecule has 0 spiro atoms. The molecule has 0 N–H and O–H groups in total. The predicted molar refractivity (Wildman–Crippen MR) is 54.4 cm³/mol. The normalized spacial score (nSPS) is 31.0. The zero-order valence-corrected chi connectivity index (χ0v) is 9.69. The Morgan fingerprint density at radius 3 is 1.33 bits per heavy atom. The van der Waals surface area contributed by atoms with Crippen LogP contribution in [-0.2, 0) is 4.74 Å². The first-order chi connectivity index (χ1) is 5.25. The van der Waals surface area contributed by atoms with Crippen LogP contribution < -0.4 is 0 Å². The fraction of sp³-hybridized carbons (Fsp3) is 1.00. The number of rotatable bonds is 1. The number of hydrogen-bond donors (Lipinski definition) is 0. The second-order valence-electron chi connectivity index (χ2n) is 4.93. The molecule has 1 heterocycles. The van der Waals surface area contributed by atoms with E-state index in [1.165, 1.54) is 0 Å². The van der Waals surface area contributed by atoms with E-state index in [9.17, 15) is 0 Å². The molecule has 1 aliphatic heterocycles. The van der Waals surface area contributed by atoms with Gasteiger partial charge in [0.2, 0.25) is 0 Å². The lowest BCUT2D eigenvalue weighted by molar-refractivity contribution is 0.282. The third kappa shape index (κ3) is 3.14. The quantitative estimate of drug-likeness (QED) is 0.550. The minimum absolute atomic E-state index is 0.155. The van der Waals surface area contributed by atoms with E-state index in [1.54, 1.807) is 0 Å². The Kier molecular flexibility index (Phi) is 3.77. The van der Waals surface area contributed by atoms with Crippen molar-refractivity contribution in [2.24, 2.45) is 5.92 Å². The van der Waals surface area contributed by atoms with Crippen LogP contribution in [0.15, 0.2) is 0 Å². The molecule has 1 rings (SSSR count). The topological polar surface area (TPSA) is 12.5 Å². The Morgan fingerprint density at radius 2 is 1.33 bits per heavy atom. The predicted octanol–water partition coefficient (Wildman–Crippen LogP) is 3.63. The zero-order chi connectivity index (χ0) is 9.99. The van der Waals surface area contributed by atoms with Crippen LogP contribution >= 0.6 is 0 Å². The number of epoxide rings is 1. The standard InChI is InChI=1S/C7H14O.C4H10/c1-5-7(4)6(2,3)8-7;1-4(2)3/h5H2,1-4H3;4H,1-3H3. The van der Waals surface area contributed by atoms with Gasteiger partial charge < -0.3 is 4.74 Å². The SMILES string of the molecule is CC(C)C.CCC1(C)OC1(C)C. The van der Waals surface area contributed by atoms with Gasteiger partial charge in [-0.15, -0.1) is 0 Å². The molecule has 0 bridgehead atoms. The lowest BCUT2D eigenvalue weighted by Gasteiger charge is -2.01. The van der Waals surface area contributed by atoms with Crippen LogP contribution in [0.4, 0.5) is 0 Å². The monoisotopic (exact) mass is 172 g/mol. The van der Waals surface area contributed by atoms with Crippen molar-refractivity contribution >= 4 is 0 Å². The Morgan fingerprint density at radius 1 is 1.08 bits per heavy atom. The van der Waals surface area contributed by atoms with Gasteiger partial charge in [0.15, 0.2) is 0 Å². The summed E-state index contributed by atoms with van der Waals surface area (Å²) >= 11 is 0. The molecule has 0 aromatic carbocycles. The third-order valence-electron chi connectivity index (χ3n) is 2.39. The molecule has 12 heavy (non-hydrogen) atoms. The first-order valence-electron chi connectivity index (χ1n) is 4.95. The van der Waals surface area contributed by atoms with E-state index in [0.29, 0.717) is 0 Å². The van der Waals surface area contributed by atoms with Crippen molar-refractivity contribution in [3.8, 4) is 0 Å². The highest BCUT2D eigenvalue weighted by Crippen LogP contribution is 2.49. The van der Waals surface area contributed by atoms with E-state index in [2.05, 4.69) is 48.5 Å². The van der Waals surface area contributed by atoms with E-state index in [1.807, 2.05) is 0 Å². The molecule has 0 amide bonds. The molecular weight excluding hydrogens is 148 g/mol. The molecule has 0 radical (unpaired) electrons. The number of hydrogen-bond acceptors (Lipinski definition) is 1. The zero-order valence-electron chi connectivity index (χ0n) is 9.69. The summed E-state index contributed by atoms with van der Waals surface area (Å²) in [5.74, 6) is 0.833. The van der Waals surface area contributed by atoms with E-state index >= 15 is 0 Å². The maximum absolute atomic E-state index is 5.44. The summed E-state index contributed by atoms with van der Waals surface area (Å²) in [6.07, 6.45) is 1.12. The minimum Gasteiger partial charge on any atom is -0.363 e. The van der Waals surface area contributed by atoms with Crippen LogP contribution in [0.2, 0.25) is 0 Å². The second-order valence-corrected chi connectivity index (χ2v) is 4.93. The van der Waals surface area contributed by atoms with E-state index in [4.69, 9.17) is 4.74 Å². The Labute approximate surface area is 77.5 Å². The average Bonchev–Trinajstić information content (AvgIpc) is 2.32. The van der Waals surface area contributed by atoms with Crippen LogP contribution in [0.25, 0.3) is 0 Å². The van der Waals surface area contributed by atoms with Gasteiger partial charge in [-0.2, -0.15) is 0 Å². The van der Waals surface area contributed by atoms with Crippen molar-refractivity contribution in [2.45, 2.75) is 66.1 Å². The summed E-state index contributed by atoms with van der Waals surface area (Å²) in [7, 11) is 0. The Balaban J connectivity index is 0.000000261. The molecule has 1 heteroatoms. The summed E-state index contributed by atoms with van der Waals surface area (Å²) in [6, 6.07) is 0. The van der Waals surface area contributed by atoms with Crippen molar-refractivity contribution < 1.29 is 4.74 Å². The second kappa shape index (κ2) is 3.78. The molecule has 1 nitrogen and oxygen atoms in total. The highest BCUT2D eigenvalue weighted by atomic mass is 16.6. The molecular formula is C11H24O. The summed E-state index contributed by atoms with van der Waals surface area (Å²) in [6.45, 7) is 15.1.